The molecule has 0 spiro atoms. The number of urea groups is 1. The number of aromatic amines is 1. The standard InChI is InChI=1S/C17H14ClN5O2/c18-13-4-2-10(7-15(13)23-6-5-19-17(23)25)16(24)21-12-3-1-11-9-20-22-14(11)8-12/h1-4,7-9H,5-6H2,(H,19,25)(H,20,22)(H,21,24). The molecule has 3 amide bonds. The lowest BCUT2D eigenvalue weighted by Crippen LogP contribution is -2.28. The van der Waals surface area contributed by atoms with Crippen molar-refractivity contribution in [3.63, 3.8) is 0 Å². The molecule has 0 aliphatic carbocycles. The smallest absolute Gasteiger partial charge is 0.322 e. The number of halogens is 1. The van der Waals surface area contributed by atoms with Crippen LogP contribution in [0.3, 0.4) is 0 Å². The van der Waals surface area contributed by atoms with E-state index in [2.05, 4.69) is 20.8 Å². The molecule has 0 bridgehead atoms. The van der Waals surface area contributed by atoms with E-state index in [1.54, 1.807) is 30.5 Å². The van der Waals surface area contributed by atoms with E-state index in [0.29, 0.717) is 35.1 Å². The van der Waals surface area contributed by atoms with Gasteiger partial charge >= 0.3 is 6.03 Å². The first-order chi connectivity index (χ1) is 12.1. The van der Waals surface area contributed by atoms with Crippen LogP contribution in [0.5, 0.6) is 0 Å². The van der Waals surface area contributed by atoms with Gasteiger partial charge in [-0.1, -0.05) is 11.6 Å². The molecule has 3 aromatic rings. The van der Waals surface area contributed by atoms with Gasteiger partial charge in [0.05, 0.1) is 22.4 Å². The summed E-state index contributed by atoms with van der Waals surface area (Å²) in [5.41, 5.74) is 2.43. The van der Waals surface area contributed by atoms with Crippen molar-refractivity contribution in [2.45, 2.75) is 0 Å². The Balaban J connectivity index is 1.60. The predicted molar refractivity (Wildman–Crippen MR) is 96.2 cm³/mol. The van der Waals surface area contributed by atoms with Gasteiger partial charge in [0.1, 0.15) is 0 Å². The molecule has 1 aliphatic heterocycles. The van der Waals surface area contributed by atoms with Gasteiger partial charge in [0.2, 0.25) is 0 Å². The van der Waals surface area contributed by atoms with Crippen LogP contribution >= 0.6 is 11.6 Å². The molecular weight excluding hydrogens is 342 g/mol. The number of amides is 3. The molecule has 0 saturated carbocycles. The fourth-order valence-corrected chi connectivity index (χ4v) is 3.00. The molecule has 2 heterocycles. The number of rotatable bonds is 3. The van der Waals surface area contributed by atoms with Crippen LogP contribution in [-0.2, 0) is 0 Å². The highest BCUT2D eigenvalue weighted by atomic mass is 35.5. The zero-order valence-corrected chi connectivity index (χ0v) is 13.8. The van der Waals surface area contributed by atoms with Crippen molar-refractivity contribution in [2.75, 3.05) is 23.3 Å². The largest absolute Gasteiger partial charge is 0.336 e. The summed E-state index contributed by atoms with van der Waals surface area (Å²) in [4.78, 5) is 25.9. The van der Waals surface area contributed by atoms with E-state index < -0.39 is 0 Å². The predicted octanol–water partition coefficient (Wildman–Crippen LogP) is 3.00. The highest BCUT2D eigenvalue weighted by Gasteiger charge is 2.24. The highest BCUT2D eigenvalue weighted by molar-refractivity contribution is 6.34. The summed E-state index contributed by atoms with van der Waals surface area (Å²) in [6.45, 7) is 1.07. The van der Waals surface area contributed by atoms with Crippen molar-refractivity contribution in [3.05, 3.63) is 53.2 Å². The molecule has 4 rings (SSSR count). The van der Waals surface area contributed by atoms with Gasteiger partial charge in [-0.3, -0.25) is 14.8 Å². The fraction of sp³-hybridized carbons (Fsp3) is 0.118. The molecule has 0 atom stereocenters. The second-order valence-corrected chi connectivity index (χ2v) is 6.08. The Morgan fingerprint density at radius 3 is 2.92 bits per heavy atom. The number of carbonyl (C=O) groups is 2. The topological polar surface area (TPSA) is 90.1 Å². The minimum absolute atomic E-state index is 0.218. The van der Waals surface area contributed by atoms with Crippen molar-refractivity contribution in [2.24, 2.45) is 0 Å². The number of aromatic nitrogens is 2. The maximum Gasteiger partial charge on any atom is 0.322 e. The van der Waals surface area contributed by atoms with E-state index in [1.807, 2.05) is 12.1 Å². The van der Waals surface area contributed by atoms with E-state index in [1.165, 1.54) is 4.90 Å². The number of benzene rings is 2. The van der Waals surface area contributed by atoms with Crippen molar-refractivity contribution in [3.8, 4) is 0 Å². The summed E-state index contributed by atoms with van der Waals surface area (Å²) >= 11 is 6.19. The van der Waals surface area contributed by atoms with E-state index in [0.717, 1.165) is 10.9 Å². The number of nitrogens with zero attached hydrogens (tertiary/aromatic N) is 2. The Bertz CT molecular complexity index is 984. The van der Waals surface area contributed by atoms with Crippen molar-refractivity contribution >= 4 is 45.8 Å². The van der Waals surface area contributed by atoms with Crippen molar-refractivity contribution < 1.29 is 9.59 Å². The Morgan fingerprint density at radius 1 is 1.24 bits per heavy atom. The molecule has 1 saturated heterocycles. The highest BCUT2D eigenvalue weighted by Crippen LogP contribution is 2.28. The lowest BCUT2D eigenvalue weighted by atomic mass is 10.1. The summed E-state index contributed by atoms with van der Waals surface area (Å²) in [5.74, 6) is -0.281. The van der Waals surface area contributed by atoms with Gasteiger partial charge in [-0.15, -0.1) is 0 Å². The van der Waals surface area contributed by atoms with Gasteiger partial charge in [-0.2, -0.15) is 5.10 Å². The lowest BCUT2D eigenvalue weighted by molar-refractivity contribution is 0.102. The van der Waals surface area contributed by atoms with E-state index >= 15 is 0 Å². The molecule has 25 heavy (non-hydrogen) atoms. The summed E-state index contributed by atoms with van der Waals surface area (Å²) < 4.78 is 0. The van der Waals surface area contributed by atoms with Crippen LogP contribution in [0, 0.1) is 0 Å². The normalized spacial score (nSPS) is 14.0. The maximum absolute atomic E-state index is 12.5. The molecular formula is C17H14ClN5O2. The molecule has 0 unspecified atom stereocenters. The number of anilines is 2. The Labute approximate surface area is 148 Å². The van der Waals surface area contributed by atoms with Crippen LogP contribution in [0.4, 0.5) is 16.2 Å². The number of fused-ring (bicyclic) bond motifs is 1. The molecule has 3 N–H and O–H groups in total. The van der Waals surface area contributed by atoms with Gasteiger partial charge in [-0.05, 0) is 36.4 Å². The zero-order chi connectivity index (χ0) is 17.4. The number of H-pyrrole nitrogens is 1. The van der Waals surface area contributed by atoms with E-state index in [9.17, 15) is 9.59 Å². The van der Waals surface area contributed by atoms with Crippen LogP contribution in [0.2, 0.25) is 5.02 Å². The van der Waals surface area contributed by atoms with Crippen molar-refractivity contribution in [1.29, 1.82) is 0 Å². The van der Waals surface area contributed by atoms with Gasteiger partial charge in [0, 0.05) is 29.7 Å². The molecule has 1 fully saturated rings. The Kier molecular flexibility index (Phi) is 3.77. The van der Waals surface area contributed by atoms with Crippen LogP contribution in [-0.4, -0.2) is 35.2 Å². The number of carbonyl (C=O) groups excluding carboxylic acids is 2. The molecule has 1 aliphatic rings. The monoisotopic (exact) mass is 355 g/mol. The number of hydrogen-bond donors (Lipinski definition) is 3. The summed E-state index contributed by atoms with van der Waals surface area (Å²) in [6.07, 6.45) is 1.72. The second-order valence-electron chi connectivity index (χ2n) is 5.68. The van der Waals surface area contributed by atoms with Gasteiger partial charge in [-0.25, -0.2) is 4.79 Å². The van der Waals surface area contributed by atoms with E-state index in [-0.39, 0.29) is 11.9 Å². The zero-order valence-electron chi connectivity index (χ0n) is 13.0. The Hall–Kier alpha value is -3.06. The molecule has 1 aromatic heterocycles. The van der Waals surface area contributed by atoms with Crippen LogP contribution < -0.4 is 15.5 Å². The molecule has 126 valence electrons. The first kappa shape index (κ1) is 15.5. The maximum atomic E-state index is 12.5. The fourth-order valence-electron chi connectivity index (χ4n) is 2.78. The molecule has 8 heteroatoms. The number of hydrogen-bond acceptors (Lipinski definition) is 3. The average molecular weight is 356 g/mol. The van der Waals surface area contributed by atoms with Crippen LogP contribution in [0.25, 0.3) is 10.9 Å². The van der Waals surface area contributed by atoms with Gasteiger partial charge in [0.25, 0.3) is 5.91 Å². The van der Waals surface area contributed by atoms with Gasteiger partial charge in [0.15, 0.2) is 0 Å². The average Bonchev–Trinajstić information content (AvgIpc) is 3.23. The lowest BCUT2D eigenvalue weighted by Gasteiger charge is -2.17. The summed E-state index contributed by atoms with van der Waals surface area (Å²) in [6, 6.07) is 10.1. The van der Waals surface area contributed by atoms with Crippen molar-refractivity contribution in [1.82, 2.24) is 15.5 Å². The summed E-state index contributed by atoms with van der Waals surface area (Å²) in [7, 11) is 0. The van der Waals surface area contributed by atoms with Crippen LogP contribution in [0.1, 0.15) is 10.4 Å². The molecule has 0 radical (unpaired) electrons. The first-order valence-electron chi connectivity index (χ1n) is 7.71. The second kappa shape index (κ2) is 6.10. The van der Waals surface area contributed by atoms with Crippen LogP contribution in [0.15, 0.2) is 42.6 Å². The minimum Gasteiger partial charge on any atom is -0.336 e. The molecule has 2 aromatic carbocycles. The Morgan fingerprint density at radius 2 is 2.12 bits per heavy atom. The number of nitrogens with one attached hydrogen (secondary N) is 3. The first-order valence-corrected chi connectivity index (χ1v) is 8.09. The third kappa shape index (κ3) is 2.89. The minimum atomic E-state index is -0.281. The third-order valence-corrected chi connectivity index (χ3v) is 4.38. The third-order valence-electron chi connectivity index (χ3n) is 4.06. The quantitative estimate of drug-likeness (QED) is 0.674. The van der Waals surface area contributed by atoms with Gasteiger partial charge < -0.3 is 10.6 Å². The van der Waals surface area contributed by atoms with E-state index in [4.69, 9.17) is 11.6 Å². The summed E-state index contributed by atoms with van der Waals surface area (Å²) in [5, 5.41) is 13.8. The SMILES string of the molecule is O=C(Nc1ccc2cn[nH]c2c1)c1ccc(Cl)c(N2CCNC2=O)c1. The molecule has 7 nitrogen and oxygen atoms in total.